The predicted molar refractivity (Wildman–Crippen MR) is 98.0 cm³/mol. The van der Waals surface area contributed by atoms with E-state index >= 15 is 0 Å². The van der Waals surface area contributed by atoms with E-state index in [0.29, 0.717) is 18.1 Å². The lowest BCUT2D eigenvalue weighted by atomic mass is 10.1. The summed E-state index contributed by atoms with van der Waals surface area (Å²) in [5.74, 6) is -0.246. The topological polar surface area (TPSA) is 63.4 Å². The number of amides is 2. The Balaban J connectivity index is 1.71. The highest BCUT2D eigenvalue weighted by molar-refractivity contribution is 6.31. The summed E-state index contributed by atoms with van der Waals surface area (Å²) < 4.78 is 0. The standard InChI is InChI=1S/C20H21ClN2O2/c21-18-9-5-4-8-15(18)16-12-17(16)20(25)23(11-10-19(22)24)13-14-6-2-1-3-7-14/h1-9,16-17H,10-13H2,(H2,22,24). The Labute approximate surface area is 152 Å². The molecule has 1 saturated carbocycles. The van der Waals surface area contributed by atoms with E-state index < -0.39 is 5.91 Å². The molecule has 0 spiro atoms. The van der Waals surface area contributed by atoms with Crippen LogP contribution in [0, 0.1) is 5.92 Å². The zero-order valence-corrected chi connectivity index (χ0v) is 14.7. The van der Waals surface area contributed by atoms with Gasteiger partial charge in [-0.25, -0.2) is 0 Å². The van der Waals surface area contributed by atoms with Gasteiger partial charge in [0.15, 0.2) is 0 Å². The summed E-state index contributed by atoms with van der Waals surface area (Å²) in [6.45, 7) is 0.827. The van der Waals surface area contributed by atoms with Crippen molar-refractivity contribution in [3.05, 3.63) is 70.7 Å². The van der Waals surface area contributed by atoms with Crippen molar-refractivity contribution >= 4 is 23.4 Å². The number of primary amides is 1. The molecule has 2 aromatic carbocycles. The van der Waals surface area contributed by atoms with Crippen LogP contribution in [-0.4, -0.2) is 23.3 Å². The van der Waals surface area contributed by atoms with Crippen molar-refractivity contribution < 1.29 is 9.59 Å². The van der Waals surface area contributed by atoms with Gasteiger partial charge in [-0.2, -0.15) is 0 Å². The Kier molecular flexibility index (Phi) is 5.39. The molecule has 0 saturated heterocycles. The van der Waals surface area contributed by atoms with Gasteiger partial charge in [0, 0.05) is 30.5 Å². The van der Waals surface area contributed by atoms with E-state index in [9.17, 15) is 9.59 Å². The quantitative estimate of drug-likeness (QED) is 0.826. The molecule has 2 atom stereocenters. The van der Waals surface area contributed by atoms with Crippen molar-refractivity contribution in [1.29, 1.82) is 0 Å². The Bertz CT molecular complexity index is 763. The number of rotatable bonds is 7. The molecule has 4 nitrogen and oxygen atoms in total. The van der Waals surface area contributed by atoms with Crippen LogP contribution in [0.25, 0.3) is 0 Å². The number of halogens is 1. The number of nitrogens with zero attached hydrogens (tertiary/aromatic N) is 1. The molecule has 2 N–H and O–H groups in total. The maximum atomic E-state index is 12.9. The fourth-order valence-electron chi connectivity index (χ4n) is 3.14. The maximum Gasteiger partial charge on any atom is 0.226 e. The first kappa shape index (κ1) is 17.5. The predicted octanol–water partition coefficient (Wildman–Crippen LogP) is 3.35. The van der Waals surface area contributed by atoms with Crippen LogP contribution >= 0.6 is 11.6 Å². The van der Waals surface area contributed by atoms with Gasteiger partial charge in [0.05, 0.1) is 0 Å². The molecular formula is C20H21ClN2O2. The third-order valence-corrected chi connectivity index (χ3v) is 4.91. The number of hydrogen-bond donors (Lipinski definition) is 1. The average molecular weight is 357 g/mol. The summed E-state index contributed by atoms with van der Waals surface area (Å²) in [6.07, 6.45) is 0.965. The molecule has 0 heterocycles. The van der Waals surface area contributed by atoms with E-state index in [0.717, 1.165) is 17.5 Å². The summed E-state index contributed by atoms with van der Waals surface area (Å²) in [6, 6.07) is 17.4. The van der Waals surface area contributed by atoms with Crippen LogP contribution in [-0.2, 0) is 16.1 Å². The molecule has 5 heteroatoms. The molecule has 0 radical (unpaired) electrons. The maximum absolute atomic E-state index is 12.9. The minimum Gasteiger partial charge on any atom is -0.370 e. The highest BCUT2D eigenvalue weighted by Crippen LogP contribution is 2.50. The van der Waals surface area contributed by atoms with Gasteiger partial charge in [-0.1, -0.05) is 60.1 Å². The summed E-state index contributed by atoms with van der Waals surface area (Å²) in [7, 11) is 0. The van der Waals surface area contributed by atoms with E-state index in [1.165, 1.54) is 0 Å². The third kappa shape index (κ3) is 4.40. The summed E-state index contributed by atoms with van der Waals surface area (Å²) in [5.41, 5.74) is 7.33. The minimum atomic E-state index is -0.399. The van der Waals surface area contributed by atoms with E-state index in [1.54, 1.807) is 4.90 Å². The Morgan fingerprint density at radius 2 is 1.76 bits per heavy atom. The van der Waals surface area contributed by atoms with Gasteiger partial charge in [0.2, 0.25) is 11.8 Å². The van der Waals surface area contributed by atoms with Crippen molar-refractivity contribution in [2.24, 2.45) is 11.7 Å². The summed E-state index contributed by atoms with van der Waals surface area (Å²) in [5, 5.41) is 0.703. The van der Waals surface area contributed by atoms with E-state index in [4.69, 9.17) is 17.3 Å². The van der Waals surface area contributed by atoms with Crippen LogP contribution in [0.1, 0.15) is 29.9 Å². The lowest BCUT2D eigenvalue weighted by Crippen LogP contribution is -2.35. The van der Waals surface area contributed by atoms with Gasteiger partial charge in [-0.15, -0.1) is 0 Å². The van der Waals surface area contributed by atoms with Gasteiger partial charge >= 0.3 is 0 Å². The van der Waals surface area contributed by atoms with Crippen molar-refractivity contribution in [3.63, 3.8) is 0 Å². The van der Waals surface area contributed by atoms with Gasteiger partial charge in [-0.3, -0.25) is 9.59 Å². The second-order valence-corrected chi connectivity index (χ2v) is 6.84. The van der Waals surface area contributed by atoms with Crippen LogP contribution < -0.4 is 5.73 Å². The monoisotopic (exact) mass is 356 g/mol. The first-order valence-corrected chi connectivity index (χ1v) is 8.79. The van der Waals surface area contributed by atoms with E-state index in [2.05, 4.69) is 0 Å². The number of carbonyl (C=O) groups excluding carboxylic acids is 2. The summed E-state index contributed by atoms with van der Waals surface area (Å²) in [4.78, 5) is 25.8. The Hall–Kier alpha value is -2.33. The molecule has 0 aliphatic heterocycles. The zero-order valence-electron chi connectivity index (χ0n) is 13.9. The van der Waals surface area contributed by atoms with Crippen LogP contribution in [0.15, 0.2) is 54.6 Å². The lowest BCUT2D eigenvalue weighted by molar-refractivity contribution is -0.133. The first-order chi connectivity index (χ1) is 12.1. The molecule has 1 aliphatic rings. The van der Waals surface area contributed by atoms with Gasteiger partial charge < -0.3 is 10.6 Å². The van der Waals surface area contributed by atoms with Gasteiger partial charge in [-0.05, 0) is 29.5 Å². The van der Waals surface area contributed by atoms with Crippen molar-refractivity contribution in [2.75, 3.05) is 6.54 Å². The fourth-order valence-corrected chi connectivity index (χ4v) is 3.41. The average Bonchev–Trinajstić information content (AvgIpc) is 3.39. The number of nitrogens with two attached hydrogens (primary N) is 1. The molecule has 25 heavy (non-hydrogen) atoms. The molecule has 130 valence electrons. The van der Waals surface area contributed by atoms with Crippen LogP contribution in [0.3, 0.4) is 0 Å². The van der Waals surface area contributed by atoms with Crippen LogP contribution in [0.5, 0.6) is 0 Å². The molecule has 0 bridgehead atoms. The molecule has 2 unspecified atom stereocenters. The Morgan fingerprint density at radius 3 is 2.44 bits per heavy atom. The molecule has 0 aromatic heterocycles. The normalized spacial score (nSPS) is 18.6. The minimum absolute atomic E-state index is 0.0648. The third-order valence-electron chi connectivity index (χ3n) is 4.57. The number of benzene rings is 2. The molecular weight excluding hydrogens is 336 g/mol. The number of carbonyl (C=O) groups is 2. The van der Waals surface area contributed by atoms with Crippen molar-refractivity contribution in [3.8, 4) is 0 Å². The fraction of sp³-hybridized carbons (Fsp3) is 0.300. The van der Waals surface area contributed by atoms with E-state index in [-0.39, 0.29) is 24.2 Å². The second kappa shape index (κ2) is 7.70. The SMILES string of the molecule is NC(=O)CCN(Cc1ccccc1)C(=O)C1CC1c1ccccc1Cl. The zero-order chi connectivity index (χ0) is 17.8. The van der Waals surface area contributed by atoms with Crippen LogP contribution in [0.2, 0.25) is 5.02 Å². The van der Waals surface area contributed by atoms with Gasteiger partial charge in [0.1, 0.15) is 0 Å². The molecule has 2 aromatic rings. The summed E-state index contributed by atoms with van der Waals surface area (Å²) >= 11 is 6.26. The Morgan fingerprint density at radius 1 is 1.08 bits per heavy atom. The van der Waals surface area contributed by atoms with Gasteiger partial charge in [0.25, 0.3) is 0 Å². The highest BCUT2D eigenvalue weighted by atomic mass is 35.5. The smallest absolute Gasteiger partial charge is 0.226 e. The first-order valence-electron chi connectivity index (χ1n) is 8.41. The second-order valence-electron chi connectivity index (χ2n) is 6.43. The van der Waals surface area contributed by atoms with Crippen molar-refractivity contribution in [1.82, 2.24) is 4.90 Å². The molecule has 1 aliphatic carbocycles. The highest BCUT2D eigenvalue weighted by Gasteiger charge is 2.46. The molecule has 2 amide bonds. The van der Waals surface area contributed by atoms with E-state index in [1.807, 2.05) is 54.6 Å². The number of hydrogen-bond acceptors (Lipinski definition) is 2. The largest absolute Gasteiger partial charge is 0.370 e. The van der Waals surface area contributed by atoms with Crippen LogP contribution in [0.4, 0.5) is 0 Å². The molecule has 1 fully saturated rings. The van der Waals surface area contributed by atoms with Crippen molar-refractivity contribution in [2.45, 2.75) is 25.3 Å². The molecule has 3 rings (SSSR count). The lowest BCUT2D eigenvalue weighted by Gasteiger charge is -2.23.